The quantitative estimate of drug-likeness (QED) is 0.635. The summed E-state index contributed by atoms with van der Waals surface area (Å²) in [5.74, 6) is -0.367. The Labute approximate surface area is 126 Å². The average Bonchev–Trinajstić information content (AvgIpc) is 2.37. The molecule has 1 heterocycles. The first-order valence-electron chi connectivity index (χ1n) is 6.45. The molecule has 0 aliphatic carbocycles. The molecule has 4 nitrogen and oxygen atoms in total. The van der Waals surface area contributed by atoms with Gasteiger partial charge in [0.2, 0.25) is 5.82 Å². The van der Waals surface area contributed by atoms with Gasteiger partial charge < -0.3 is 4.74 Å². The molecule has 1 aromatic carbocycles. The summed E-state index contributed by atoms with van der Waals surface area (Å²) in [5.41, 5.74) is 1.06. The maximum absolute atomic E-state index is 12.1. The van der Waals surface area contributed by atoms with Gasteiger partial charge >= 0.3 is 5.97 Å². The Hall–Kier alpha value is -1.49. The normalized spacial score (nSPS) is 11.6. The Morgan fingerprint density at radius 1 is 1.25 bits per heavy atom. The molecule has 0 saturated carbocycles. The molecule has 0 unspecified atom stereocenters. The summed E-state index contributed by atoms with van der Waals surface area (Å²) in [6.45, 7) is 5.47. The molecule has 0 N–H and O–H groups in total. The van der Waals surface area contributed by atoms with E-state index >= 15 is 0 Å². The van der Waals surface area contributed by atoms with E-state index in [-0.39, 0.29) is 5.82 Å². The van der Waals surface area contributed by atoms with Crippen LogP contribution < -0.4 is 0 Å². The number of hydrogen-bond acceptors (Lipinski definition) is 4. The number of alkyl halides is 1. The van der Waals surface area contributed by atoms with Crippen LogP contribution >= 0.6 is 15.9 Å². The highest BCUT2D eigenvalue weighted by Gasteiger charge is 2.21. The zero-order valence-electron chi connectivity index (χ0n) is 11.8. The molecular formula is C15H17BrN2O2. The van der Waals surface area contributed by atoms with Gasteiger partial charge in [-0.1, -0.05) is 34.1 Å². The molecule has 0 bridgehead atoms. The van der Waals surface area contributed by atoms with Crippen LogP contribution in [-0.2, 0) is 11.2 Å². The lowest BCUT2D eigenvalue weighted by molar-refractivity contribution is 0.00558. The summed E-state index contributed by atoms with van der Waals surface area (Å²) in [5, 5.41) is 1.75. The van der Waals surface area contributed by atoms with Crippen molar-refractivity contribution in [3.05, 3.63) is 35.8 Å². The van der Waals surface area contributed by atoms with Crippen LogP contribution in [0.25, 0.3) is 10.9 Å². The summed E-state index contributed by atoms with van der Waals surface area (Å²) in [6.07, 6.45) is 0.735. The lowest BCUT2D eigenvalue weighted by Gasteiger charge is -2.19. The van der Waals surface area contributed by atoms with E-state index in [1.54, 1.807) is 0 Å². The highest BCUT2D eigenvalue weighted by atomic mass is 79.9. The first-order chi connectivity index (χ1) is 9.40. The van der Waals surface area contributed by atoms with Crippen LogP contribution in [0, 0.1) is 0 Å². The first kappa shape index (κ1) is 14.9. The van der Waals surface area contributed by atoms with Gasteiger partial charge in [0.15, 0.2) is 0 Å². The van der Waals surface area contributed by atoms with Gasteiger partial charge in [-0.2, -0.15) is 0 Å². The molecule has 1 aromatic heterocycles. The Balaban J connectivity index is 2.47. The van der Waals surface area contributed by atoms with Gasteiger partial charge in [-0.25, -0.2) is 14.8 Å². The van der Waals surface area contributed by atoms with E-state index in [0.29, 0.717) is 0 Å². The summed E-state index contributed by atoms with van der Waals surface area (Å²) in [7, 11) is 0. The van der Waals surface area contributed by atoms with E-state index in [9.17, 15) is 4.79 Å². The number of fused-ring (bicyclic) bond motifs is 1. The standard InChI is InChI=1S/C15H17BrN2O2/c1-15(2,3)20-14(19)13-17-11-7-5-4-6-10(11)12(18-13)8-9-16/h4-7H,8-9H2,1-3H3. The van der Waals surface area contributed by atoms with Crippen LogP contribution in [0.1, 0.15) is 37.1 Å². The summed E-state index contributed by atoms with van der Waals surface area (Å²) in [6, 6.07) is 7.68. The predicted molar refractivity (Wildman–Crippen MR) is 82.2 cm³/mol. The zero-order valence-corrected chi connectivity index (χ0v) is 13.4. The largest absolute Gasteiger partial charge is 0.454 e. The van der Waals surface area contributed by atoms with Gasteiger partial charge in [0.05, 0.1) is 11.2 Å². The third kappa shape index (κ3) is 3.54. The van der Waals surface area contributed by atoms with Crippen molar-refractivity contribution in [1.29, 1.82) is 0 Å². The number of esters is 1. The van der Waals surface area contributed by atoms with Crippen LogP contribution in [0.2, 0.25) is 0 Å². The number of benzene rings is 1. The van der Waals surface area contributed by atoms with E-state index < -0.39 is 11.6 Å². The van der Waals surface area contributed by atoms with Gasteiger partial charge in [-0.15, -0.1) is 0 Å². The number of carbonyl (C=O) groups excluding carboxylic acids is 1. The fraction of sp³-hybridized carbons (Fsp3) is 0.400. The molecule has 0 radical (unpaired) electrons. The SMILES string of the molecule is CC(C)(C)OC(=O)c1nc(CCBr)c2ccccc2n1. The Morgan fingerprint density at radius 3 is 2.60 bits per heavy atom. The lowest BCUT2D eigenvalue weighted by Crippen LogP contribution is -2.25. The minimum absolute atomic E-state index is 0.120. The fourth-order valence-electron chi connectivity index (χ4n) is 1.84. The number of para-hydroxylation sites is 1. The maximum Gasteiger partial charge on any atom is 0.376 e. The number of rotatable bonds is 3. The average molecular weight is 337 g/mol. The van der Waals surface area contributed by atoms with Crippen LogP contribution in [0.5, 0.6) is 0 Å². The molecule has 20 heavy (non-hydrogen) atoms. The van der Waals surface area contributed by atoms with Gasteiger partial charge in [-0.05, 0) is 26.8 Å². The van der Waals surface area contributed by atoms with Crippen LogP contribution in [0.4, 0.5) is 0 Å². The monoisotopic (exact) mass is 336 g/mol. The second-order valence-corrected chi connectivity index (χ2v) is 6.24. The molecule has 0 aliphatic heterocycles. The lowest BCUT2D eigenvalue weighted by atomic mass is 10.1. The van der Waals surface area contributed by atoms with Crippen molar-refractivity contribution in [1.82, 2.24) is 9.97 Å². The third-order valence-corrected chi connectivity index (χ3v) is 2.99. The molecule has 0 spiro atoms. The summed E-state index contributed by atoms with van der Waals surface area (Å²) in [4.78, 5) is 20.8. The second-order valence-electron chi connectivity index (χ2n) is 5.45. The molecule has 2 rings (SSSR count). The molecule has 106 valence electrons. The fourth-order valence-corrected chi connectivity index (χ4v) is 2.21. The third-order valence-electron chi connectivity index (χ3n) is 2.59. The summed E-state index contributed by atoms with van der Waals surface area (Å²) < 4.78 is 5.33. The van der Waals surface area contributed by atoms with Crippen LogP contribution in [-0.4, -0.2) is 26.9 Å². The smallest absolute Gasteiger partial charge is 0.376 e. The van der Waals surface area contributed by atoms with Crippen molar-refractivity contribution in [2.24, 2.45) is 0 Å². The molecule has 5 heteroatoms. The van der Waals surface area contributed by atoms with E-state index in [1.165, 1.54) is 0 Å². The number of ether oxygens (including phenoxy) is 1. The number of halogens is 1. The number of aromatic nitrogens is 2. The van der Waals surface area contributed by atoms with E-state index in [4.69, 9.17) is 4.74 Å². The molecule has 0 aliphatic rings. The van der Waals surface area contributed by atoms with Crippen molar-refractivity contribution < 1.29 is 9.53 Å². The molecule has 0 saturated heterocycles. The molecular weight excluding hydrogens is 320 g/mol. The molecule has 0 amide bonds. The van der Waals surface area contributed by atoms with Crippen molar-refractivity contribution in [3.63, 3.8) is 0 Å². The minimum Gasteiger partial charge on any atom is -0.454 e. The summed E-state index contributed by atoms with van der Waals surface area (Å²) >= 11 is 3.41. The zero-order chi connectivity index (χ0) is 14.8. The van der Waals surface area contributed by atoms with E-state index in [2.05, 4.69) is 25.9 Å². The Kier molecular flexibility index (Phi) is 4.38. The van der Waals surface area contributed by atoms with Crippen molar-refractivity contribution in [2.75, 3.05) is 5.33 Å². The number of carbonyl (C=O) groups is 1. The van der Waals surface area contributed by atoms with Crippen molar-refractivity contribution in [3.8, 4) is 0 Å². The van der Waals surface area contributed by atoms with E-state index in [0.717, 1.165) is 28.3 Å². The second kappa shape index (κ2) is 5.87. The van der Waals surface area contributed by atoms with Gasteiger partial charge in [0.25, 0.3) is 0 Å². The van der Waals surface area contributed by atoms with Crippen molar-refractivity contribution in [2.45, 2.75) is 32.8 Å². The van der Waals surface area contributed by atoms with Crippen LogP contribution in [0.15, 0.2) is 24.3 Å². The Bertz CT molecular complexity index is 635. The van der Waals surface area contributed by atoms with Crippen molar-refractivity contribution >= 4 is 32.8 Å². The number of aryl methyl sites for hydroxylation is 1. The van der Waals surface area contributed by atoms with Crippen LogP contribution in [0.3, 0.4) is 0 Å². The van der Waals surface area contributed by atoms with Gasteiger partial charge in [-0.3, -0.25) is 0 Å². The molecule has 0 atom stereocenters. The first-order valence-corrected chi connectivity index (χ1v) is 7.58. The molecule has 2 aromatic rings. The minimum atomic E-state index is -0.554. The highest BCUT2D eigenvalue weighted by Crippen LogP contribution is 2.18. The van der Waals surface area contributed by atoms with Gasteiger partial charge in [0, 0.05) is 17.1 Å². The van der Waals surface area contributed by atoms with Gasteiger partial charge in [0.1, 0.15) is 5.60 Å². The molecule has 0 fully saturated rings. The maximum atomic E-state index is 12.1. The topological polar surface area (TPSA) is 52.1 Å². The number of hydrogen-bond donors (Lipinski definition) is 0. The highest BCUT2D eigenvalue weighted by molar-refractivity contribution is 9.09. The predicted octanol–water partition coefficient (Wildman–Crippen LogP) is 3.52. The number of nitrogens with zero attached hydrogens (tertiary/aromatic N) is 2. The Morgan fingerprint density at radius 2 is 1.95 bits per heavy atom. The van der Waals surface area contributed by atoms with E-state index in [1.807, 2.05) is 45.0 Å².